The molecule has 100 valence electrons. The first-order chi connectivity index (χ1) is 8.79. The maximum Gasteiger partial charge on any atom is 0.416 e. The molecule has 0 unspecified atom stereocenters. The van der Waals surface area contributed by atoms with E-state index in [-0.39, 0.29) is 21.8 Å². The van der Waals surface area contributed by atoms with Gasteiger partial charge in [0.1, 0.15) is 5.82 Å². The molecule has 0 saturated heterocycles. The number of benzene rings is 2. The van der Waals surface area contributed by atoms with Gasteiger partial charge in [0.05, 0.1) is 16.3 Å². The Bertz CT molecular complexity index is 623. The number of hydrogen-bond acceptors (Lipinski definition) is 1. The summed E-state index contributed by atoms with van der Waals surface area (Å²) in [7, 11) is 0. The van der Waals surface area contributed by atoms with Crippen LogP contribution in [0.15, 0.2) is 36.4 Å². The summed E-state index contributed by atoms with van der Waals surface area (Å²) in [6.45, 7) is 0. The lowest BCUT2D eigenvalue weighted by molar-refractivity contribution is -0.137. The molecular weight excluding hydrogens is 282 g/mol. The molecule has 19 heavy (non-hydrogen) atoms. The average molecular weight is 290 g/mol. The molecule has 0 radical (unpaired) electrons. The standard InChI is InChI=1S/C13H8ClF4N/c14-10-5-9(11(15)6-12(10)19)7-2-1-3-8(4-7)13(16,17)18/h1-6H,19H2. The summed E-state index contributed by atoms with van der Waals surface area (Å²) in [4.78, 5) is 0. The van der Waals surface area contributed by atoms with E-state index < -0.39 is 17.6 Å². The van der Waals surface area contributed by atoms with Crippen molar-refractivity contribution in [1.29, 1.82) is 0 Å². The van der Waals surface area contributed by atoms with Gasteiger partial charge in [-0.25, -0.2) is 4.39 Å². The maximum atomic E-state index is 13.7. The summed E-state index contributed by atoms with van der Waals surface area (Å²) in [6, 6.07) is 6.56. The van der Waals surface area contributed by atoms with Crippen molar-refractivity contribution in [3.05, 3.63) is 52.8 Å². The van der Waals surface area contributed by atoms with Crippen molar-refractivity contribution in [2.45, 2.75) is 6.18 Å². The number of alkyl halides is 3. The molecule has 0 aromatic heterocycles. The lowest BCUT2D eigenvalue weighted by atomic mass is 10.0. The van der Waals surface area contributed by atoms with Gasteiger partial charge in [0.25, 0.3) is 0 Å². The van der Waals surface area contributed by atoms with E-state index in [4.69, 9.17) is 17.3 Å². The Morgan fingerprint density at radius 2 is 1.74 bits per heavy atom. The summed E-state index contributed by atoms with van der Waals surface area (Å²) < 4.78 is 51.5. The zero-order chi connectivity index (χ0) is 14.2. The van der Waals surface area contributed by atoms with Crippen LogP contribution in [-0.4, -0.2) is 0 Å². The number of halogens is 5. The summed E-state index contributed by atoms with van der Waals surface area (Å²) in [6.07, 6.45) is -4.48. The van der Waals surface area contributed by atoms with Crippen LogP contribution in [0.2, 0.25) is 5.02 Å². The molecule has 0 heterocycles. The Morgan fingerprint density at radius 3 is 2.37 bits per heavy atom. The number of nitrogen functional groups attached to an aromatic ring is 1. The monoisotopic (exact) mass is 289 g/mol. The Hall–Kier alpha value is -1.75. The molecule has 2 aromatic carbocycles. The highest BCUT2D eigenvalue weighted by Gasteiger charge is 2.30. The van der Waals surface area contributed by atoms with Gasteiger partial charge in [0, 0.05) is 5.56 Å². The van der Waals surface area contributed by atoms with Crippen LogP contribution >= 0.6 is 11.6 Å². The van der Waals surface area contributed by atoms with E-state index in [0.717, 1.165) is 18.2 Å². The van der Waals surface area contributed by atoms with Gasteiger partial charge in [-0.3, -0.25) is 0 Å². The third kappa shape index (κ3) is 2.81. The van der Waals surface area contributed by atoms with E-state index in [1.165, 1.54) is 18.2 Å². The minimum absolute atomic E-state index is 0.0229. The van der Waals surface area contributed by atoms with Crippen molar-refractivity contribution >= 4 is 17.3 Å². The zero-order valence-electron chi connectivity index (χ0n) is 9.43. The van der Waals surface area contributed by atoms with Crippen molar-refractivity contribution in [3.63, 3.8) is 0 Å². The van der Waals surface area contributed by atoms with Gasteiger partial charge in [-0.15, -0.1) is 0 Å². The maximum absolute atomic E-state index is 13.7. The lowest BCUT2D eigenvalue weighted by Gasteiger charge is -2.10. The molecule has 0 aliphatic heterocycles. The van der Waals surface area contributed by atoms with E-state index in [2.05, 4.69) is 0 Å². The Labute approximate surface area is 111 Å². The Kier molecular flexibility index (Phi) is 3.41. The highest BCUT2D eigenvalue weighted by Crippen LogP contribution is 2.34. The molecule has 0 aliphatic carbocycles. The van der Waals surface area contributed by atoms with E-state index >= 15 is 0 Å². The van der Waals surface area contributed by atoms with Crippen LogP contribution in [0.4, 0.5) is 23.2 Å². The van der Waals surface area contributed by atoms with Crippen LogP contribution in [-0.2, 0) is 6.18 Å². The fraction of sp³-hybridized carbons (Fsp3) is 0.0769. The summed E-state index contributed by atoms with van der Waals surface area (Å²) in [5.41, 5.74) is 4.67. The predicted molar refractivity (Wildman–Crippen MR) is 66.3 cm³/mol. The van der Waals surface area contributed by atoms with Crippen LogP contribution in [0, 0.1) is 5.82 Å². The van der Waals surface area contributed by atoms with Crippen molar-refractivity contribution in [2.24, 2.45) is 0 Å². The SMILES string of the molecule is Nc1cc(F)c(-c2cccc(C(F)(F)F)c2)cc1Cl. The second-order valence-corrected chi connectivity index (χ2v) is 4.34. The molecule has 0 bridgehead atoms. The summed E-state index contributed by atoms with van der Waals surface area (Å²) in [5.74, 6) is -0.721. The Balaban J connectivity index is 2.57. The summed E-state index contributed by atoms with van der Waals surface area (Å²) >= 11 is 5.75. The van der Waals surface area contributed by atoms with Crippen molar-refractivity contribution < 1.29 is 17.6 Å². The molecule has 0 amide bonds. The van der Waals surface area contributed by atoms with Gasteiger partial charge in [-0.1, -0.05) is 23.7 Å². The molecule has 0 spiro atoms. The molecule has 0 fully saturated rings. The van der Waals surface area contributed by atoms with Gasteiger partial charge in [0.15, 0.2) is 0 Å². The zero-order valence-corrected chi connectivity index (χ0v) is 10.2. The number of rotatable bonds is 1. The largest absolute Gasteiger partial charge is 0.416 e. The van der Waals surface area contributed by atoms with Gasteiger partial charge in [-0.05, 0) is 29.8 Å². The molecule has 1 nitrogen and oxygen atoms in total. The highest BCUT2D eigenvalue weighted by molar-refractivity contribution is 6.33. The summed E-state index contributed by atoms with van der Waals surface area (Å²) in [5, 5.41) is 0.0915. The average Bonchev–Trinajstić information content (AvgIpc) is 2.33. The fourth-order valence-corrected chi connectivity index (χ4v) is 1.81. The minimum atomic E-state index is -4.48. The van der Waals surface area contributed by atoms with E-state index in [0.29, 0.717) is 0 Å². The van der Waals surface area contributed by atoms with Crippen molar-refractivity contribution in [2.75, 3.05) is 5.73 Å². The first-order valence-electron chi connectivity index (χ1n) is 5.21. The third-order valence-corrected chi connectivity index (χ3v) is 2.91. The fourth-order valence-electron chi connectivity index (χ4n) is 1.65. The molecule has 0 aliphatic rings. The number of anilines is 1. The van der Waals surface area contributed by atoms with Crippen molar-refractivity contribution in [1.82, 2.24) is 0 Å². The third-order valence-electron chi connectivity index (χ3n) is 2.59. The predicted octanol–water partition coefficient (Wildman–Crippen LogP) is 4.75. The molecule has 0 atom stereocenters. The normalized spacial score (nSPS) is 11.6. The molecule has 2 aromatic rings. The first-order valence-corrected chi connectivity index (χ1v) is 5.59. The molecule has 2 N–H and O–H groups in total. The van der Waals surface area contributed by atoms with Crippen LogP contribution in [0.25, 0.3) is 11.1 Å². The molecule has 0 saturated carbocycles. The first kappa shape index (κ1) is 13.7. The van der Waals surface area contributed by atoms with Gasteiger partial charge in [0.2, 0.25) is 0 Å². The smallest absolute Gasteiger partial charge is 0.397 e. The molecular formula is C13H8ClF4N. The van der Waals surface area contributed by atoms with Crippen LogP contribution in [0.5, 0.6) is 0 Å². The van der Waals surface area contributed by atoms with Crippen LogP contribution in [0.3, 0.4) is 0 Å². The van der Waals surface area contributed by atoms with Crippen molar-refractivity contribution in [3.8, 4) is 11.1 Å². The minimum Gasteiger partial charge on any atom is -0.397 e. The molecule has 6 heteroatoms. The second-order valence-electron chi connectivity index (χ2n) is 3.93. The van der Waals surface area contributed by atoms with Gasteiger partial charge < -0.3 is 5.73 Å². The van der Waals surface area contributed by atoms with E-state index in [9.17, 15) is 17.6 Å². The van der Waals surface area contributed by atoms with Crippen LogP contribution in [0.1, 0.15) is 5.56 Å². The number of nitrogens with two attached hydrogens (primary N) is 1. The van der Waals surface area contributed by atoms with Crippen LogP contribution < -0.4 is 5.73 Å². The topological polar surface area (TPSA) is 26.0 Å². The van der Waals surface area contributed by atoms with Gasteiger partial charge >= 0.3 is 6.18 Å². The van der Waals surface area contributed by atoms with Gasteiger partial charge in [-0.2, -0.15) is 13.2 Å². The molecule has 2 rings (SSSR count). The lowest BCUT2D eigenvalue weighted by Crippen LogP contribution is -2.04. The van der Waals surface area contributed by atoms with E-state index in [1.807, 2.05) is 0 Å². The quantitative estimate of drug-likeness (QED) is 0.595. The second kappa shape index (κ2) is 4.74. The highest BCUT2D eigenvalue weighted by atomic mass is 35.5. The van der Waals surface area contributed by atoms with E-state index in [1.54, 1.807) is 0 Å². The number of hydrogen-bond donors (Lipinski definition) is 1. The Morgan fingerprint density at radius 1 is 1.05 bits per heavy atom.